The molecule has 18 heavy (non-hydrogen) atoms. The van der Waals surface area contributed by atoms with Gasteiger partial charge in [-0.25, -0.2) is 0 Å². The Balaban J connectivity index is 2.17. The number of rotatable bonds is 9. The first-order valence-corrected chi connectivity index (χ1v) is 6.89. The summed E-state index contributed by atoms with van der Waals surface area (Å²) in [6.45, 7) is 7.28. The van der Waals surface area contributed by atoms with Gasteiger partial charge in [-0.2, -0.15) is 0 Å². The molecule has 0 aromatic heterocycles. The topological polar surface area (TPSA) is 46.1 Å². The van der Waals surface area contributed by atoms with Crippen molar-refractivity contribution in [2.75, 3.05) is 26.3 Å². The van der Waals surface area contributed by atoms with Crippen LogP contribution < -0.4 is 10.1 Å². The van der Waals surface area contributed by atoms with Gasteiger partial charge < -0.3 is 15.2 Å². The van der Waals surface area contributed by atoms with E-state index < -0.39 is 0 Å². The van der Waals surface area contributed by atoms with E-state index in [9.17, 15) is 0 Å². The van der Waals surface area contributed by atoms with Gasteiger partial charge in [0.1, 0.15) is 5.75 Å². The standard InChI is InChI=1S/C15H25NO2/c1-13(2)14-6-5-7-15(12-14)18-11-4-3-8-16-9-10-17/h5-7,12-13,16-17H,3-4,8-11H2,1-2H3/p+1. The first-order chi connectivity index (χ1) is 8.74. The zero-order valence-electron chi connectivity index (χ0n) is 11.6. The molecule has 0 heterocycles. The number of aliphatic hydroxyl groups excluding tert-OH is 1. The summed E-state index contributed by atoms with van der Waals surface area (Å²) in [5.41, 5.74) is 1.32. The number of aliphatic hydroxyl groups is 1. The second-order valence-corrected chi connectivity index (χ2v) is 4.87. The Morgan fingerprint density at radius 2 is 2.06 bits per heavy atom. The lowest BCUT2D eigenvalue weighted by Crippen LogP contribution is -2.85. The molecule has 3 nitrogen and oxygen atoms in total. The van der Waals surface area contributed by atoms with E-state index in [1.807, 2.05) is 6.07 Å². The van der Waals surface area contributed by atoms with Crippen molar-refractivity contribution in [3.63, 3.8) is 0 Å². The molecule has 102 valence electrons. The van der Waals surface area contributed by atoms with Crippen molar-refractivity contribution >= 4 is 0 Å². The minimum atomic E-state index is 0.262. The molecule has 1 aromatic rings. The van der Waals surface area contributed by atoms with E-state index in [2.05, 4.69) is 37.4 Å². The Labute approximate surface area is 110 Å². The van der Waals surface area contributed by atoms with Crippen molar-refractivity contribution in [1.29, 1.82) is 0 Å². The maximum Gasteiger partial charge on any atom is 0.119 e. The Morgan fingerprint density at radius 3 is 2.78 bits per heavy atom. The number of ether oxygens (including phenoxy) is 1. The summed E-state index contributed by atoms with van der Waals surface area (Å²) in [7, 11) is 0. The molecule has 0 radical (unpaired) electrons. The van der Waals surface area contributed by atoms with E-state index in [4.69, 9.17) is 9.84 Å². The van der Waals surface area contributed by atoms with Gasteiger partial charge >= 0.3 is 0 Å². The molecular weight excluding hydrogens is 226 g/mol. The Bertz CT molecular complexity index is 326. The molecule has 0 saturated carbocycles. The lowest BCUT2D eigenvalue weighted by atomic mass is 10.0. The molecule has 0 amide bonds. The molecule has 3 N–H and O–H groups in total. The highest BCUT2D eigenvalue weighted by Gasteiger charge is 2.01. The molecule has 0 spiro atoms. The number of unbranched alkanes of at least 4 members (excludes halogenated alkanes) is 1. The predicted octanol–water partition coefficient (Wildman–Crippen LogP) is 1.52. The normalized spacial score (nSPS) is 10.9. The van der Waals surface area contributed by atoms with Gasteiger partial charge in [-0.15, -0.1) is 0 Å². The van der Waals surface area contributed by atoms with Crippen molar-refractivity contribution in [3.05, 3.63) is 29.8 Å². The fourth-order valence-electron chi connectivity index (χ4n) is 1.78. The monoisotopic (exact) mass is 252 g/mol. The zero-order chi connectivity index (χ0) is 13.2. The summed E-state index contributed by atoms with van der Waals surface area (Å²) in [5, 5.41) is 10.8. The average Bonchev–Trinajstić information content (AvgIpc) is 2.38. The first-order valence-electron chi connectivity index (χ1n) is 6.89. The molecule has 0 unspecified atom stereocenters. The fourth-order valence-corrected chi connectivity index (χ4v) is 1.78. The van der Waals surface area contributed by atoms with E-state index in [1.54, 1.807) is 0 Å². The summed E-state index contributed by atoms with van der Waals surface area (Å²) in [4.78, 5) is 0. The van der Waals surface area contributed by atoms with Crippen LogP contribution in [-0.2, 0) is 0 Å². The van der Waals surface area contributed by atoms with Crippen molar-refractivity contribution in [2.24, 2.45) is 0 Å². The molecule has 0 fully saturated rings. The fraction of sp³-hybridized carbons (Fsp3) is 0.600. The highest BCUT2D eigenvalue weighted by Crippen LogP contribution is 2.20. The van der Waals surface area contributed by atoms with Crippen LogP contribution in [0.4, 0.5) is 0 Å². The summed E-state index contributed by atoms with van der Waals surface area (Å²) in [6.07, 6.45) is 2.19. The molecule has 0 atom stereocenters. The smallest absolute Gasteiger partial charge is 0.119 e. The SMILES string of the molecule is CC(C)c1cccc(OCCCC[NH2+]CCO)c1. The van der Waals surface area contributed by atoms with E-state index in [-0.39, 0.29) is 6.61 Å². The van der Waals surface area contributed by atoms with Crippen LogP contribution in [0.25, 0.3) is 0 Å². The lowest BCUT2D eigenvalue weighted by Gasteiger charge is -2.09. The van der Waals surface area contributed by atoms with Crippen LogP contribution in [0.5, 0.6) is 5.75 Å². The van der Waals surface area contributed by atoms with Crippen LogP contribution in [-0.4, -0.2) is 31.4 Å². The second kappa shape index (κ2) is 8.95. The summed E-state index contributed by atoms with van der Waals surface area (Å²) < 4.78 is 5.74. The number of hydrogen-bond acceptors (Lipinski definition) is 2. The minimum absolute atomic E-state index is 0.262. The van der Waals surface area contributed by atoms with Crippen molar-refractivity contribution in [3.8, 4) is 5.75 Å². The number of quaternary nitrogens is 1. The molecule has 3 heteroatoms. The largest absolute Gasteiger partial charge is 0.494 e. The molecule has 1 aromatic carbocycles. The van der Waals surface area contributed by atoms with Crippen LogP contribution in [0.1, 0.15) is 38.2 Å². The van der Waals surface area contributed by atoms with Crippen LogP contribution in [0.2, 0.25) is 0 Å². The molecule has 0 saturated heterocycles. The Kier molecular flexibility index (Phi) is 7.46. The van der Waals surface area contributed by atoms with E-state index >= 15 is 0 Å². The Hall–Kier alpha value is -1.06. The molecule has 0 aliphatic rings. The van der Waals surface area contributed by atoms with Crippen molar-refractivity contribution < 1.29 is 15.2 Å². The molecule has 0 aliphatic carbocycles. The van der Waals surface area contributed by atoms with Gasteiger partial charge in [0.15, 0.2) is 0 Å². The third kappa shape index (κ3) is 6.03. The second-order valence-electron chi connectivity index (χ2n) is 4.87. The summed E-state index contributed by atoms with van der Waals surface area (Å²) in [5.74, 6) is 1.52. The van der Waals surface area contributed by atoms with Gasteiger partial charge in [0, 0.05) is 0 Å². The molecular formula is C15H26NO2+. The summed E-state index contributed by atoms with van der Waals surface area (Å²) in [6, 6.07) is 8.34. The van der Waals surface area contributed by atoms with Crippen LogP contribution in [0, 0.1) is 0 Å². The van der Waals surface area contributed by atoms with Gasteiger partial charge in [-0.05, 0) is 36.5 Å². The molecule has 1 rings (SSSR count). The maximum absolute atomic E-state index is 8.63. The van der Waals surface area contributed by atoms with Gasteiger partial charge in [0.25, 0.3) is 0 Å². The van der Waals surface area contributed by atoms with Crippen LogP contribution >= 0.6 is 0 Å². The zero-order valence-corrected chi connectivity index (χ0v) is 11.6. The first kappa shape index (κ1) is 15.0. The number of hydrogen-bond donors (Lipinski definition) is 2. The van der Waals surface area contributed by atoms with Crippen LogP contribution in [0.15, 0.2) is 24.3 Å². The summed E-state index contributed by atoms with van der Waals surface area (Å²) >= 11 is 0. The van der Waals surface area contributed by atoms with E-state index in [1.165, 1.54) is 5.56 Å². The van der Waals surface area contributed by atoms with Crippen LogP contribution in [0.3, 0.4) is 0 Å². The number of nitrogens with two attached hydrogens (primary N) is 1. The highest BCUT2D eigenvalue weighted by molar-refractivity contribution is 5.30. The van der Waals surface area contributed by atoms with Crippen molar-refractivity contribution in [1.82, 2.24) is 0 Å². The van der Waals surface area contributed by atoms with Gasteiger partial charge in [-0.1, -0.05) is 26.0 Å². The highest BCUT2D eigenvalue weighted by atomic mass is 16.5. The maximum atomic E-state index is 8.63. The Morgan fingerprint density at radius 1 is 1.22 bits per heavy atom. The van der Waals surface area contributed by atoms with Gasteiger partial charge in [0.2, 0.25) is 0 Å². The average molecular weight is 252 g/mol. The quantitative estimate of drug-likeness (QED) is 0.655. The minimum Gasteiger partial charge on any atom is -0.494 e. The third-order valence-electron chi connectivity index (χ3n) is 2.93. The van der Waals surface area contributed by atoms with Gasteiger partial charge in [-0.3, -0.25) is 0 Å². The van der Waals surface area contributed by atoms with Crippen molar-refractivity contribution in [2.45, 2.75) is 32.6 Å². The third-order valence-corrected chi connectivity index (χ3v) is 2.93. The lowest BCUT2D eigenvalue weighted by molar-refractivity contribution is -0.656. The predicted molar refractivity (Wildman–Crippen MR) is 74.0 cm³/mol. The molecule has 0 bridgehead atoms. The van der Waals surface area contributed by atoms with Gasteiger partial charge in [0.05, 0.1) is 26.3 Å². The number of benzene rings is 1. The molecule has 0 aliphatic heterocycles. The van der Waals surface area contributed by atoms with E-state index in [0.717, 1.165) is 38.3 Å². The van der Waals surface area contributed by atoms with E-state index in [0.29, 0.717) is 5.92 Å².